The quantitative estimate of drug-likeness (QED) is 0.623. The Kier molecular flexibility index (Phi) is 7.12. The Morgan fingerprint density at radius 1 is 1.29 bits per heavy atom. The van der Waals surface area contributed by atoms with Crippen LogP contribution in [0.4, 0.5) is 0 Å². The van der Waals surface area contributed by atoms with Crippen molar-refractivity contribution in [2.24, 2.45) is 5.92 Å². The van der Waals surface area contributed by atoms with Crippen LogP contribution in [0.15, 0.2) is 16.0 Å². The highest BCUT2D eigenvalue weighted by molar-refractivity contribution is 7.10. The van der Waals surface area contributed by atoms with E-state index in [1.54, 1.807) is 0 Å². The van der Waals surface area contributed by atoms with Crippen molar-refractivity contribution in [3.8, 4) is 0 Å². The van der Waals surface area contributed by atoms with Crippen LogP contribution in [0.2, 0.25) is 0 Å². The van der Waals surface area contributed by atoms with Crippen LogP contribution in [0.25, 0.3) is 0 Å². The van der Waals surface area contributed by atoms with Gasteiger partial charge >= 0.3 is 0 Å². The molecule has 154 valence electrons. The molecule has 4 rings (SSSR count). The fourth-order valence-electron chi connectivity index (χ4n) is 4.03. The number of aromatic nitrogens is 2. The molecule has 2 aliphatic heterocycles. The van der Waals surface area contributed by atoms with Crippen LogP contribution in [0.1, 0.15) is 53.8 Å². The zero-order valence-corrected chi connectivity index (χ0v) is 17.6. The fraction of sp³-hybridized carbons (Fsp3) is 0.714. The first-order valence-corrected chi connectivity index (χ1v) is 11.4. The van der Waals surface area contributed by atoms with Crippen LogP contribution in [-0.2, 0) is 22.4 Å². The average molecular weight is 406 g/mol. The van der Waals surface area contributed by atoms with E-state index in [1.807, 2.05) is 11.3 Å². The maximum absolute atomic E-state index is 5.83. The number of aryl methyl sites for hydroxylation is 1. The highest BCUT2D eigenvalue weighted by Gasteiger charge is 2.26. The number of rotatable bonds is 8. The zero-order chi connectivity index (χ0) is 19.2. The number of piperidine rings is 1. The van der Waals surface area contributed by atoms with Crippen molar-refractivity contribution >= 4 is 11.3 Å². The molecule has 2 aromatic rings. The molecule has 1 unspecified atom stereocenters. The molecule has 2 saturated heterocycles. The molecule has 6 nitrogen and oxygen atoms in total. The van der Waals surface area contributed by atoms with Crippen LogP contribution in [0.5, 0.6) is 0 Å². The SMILES string of the molecule is Cc1ccsc1CN1CCCC(c2nc(CCOCC3CCOCC3)no2)C1. The molecule has 0 N–H and O–H groups in total. The van der Waals surface area contributed by atoms with Gasteiger partial charge in [0.2, 0.25) is 5.89 Å². The summed E-state index contributed by atoms with van der Waals surface area (Å²) in [5.41, 5.74) is 1.40. The minimum absolute atomic E-state index is 0.346. The van der Waals surface area contributed by atoms with E-state index in [9.17, 15) is 0 Å². The summed E-state index contributed by atoms with van der Waals surface area (Å²) in [4.78, 5) is 8.65. The van der Waals surface area contributed by atoms with Gasteiger partial charge in [0.25, 0.3) is 0 Å². The highest BCUT2D eigenvalue weighted by Crippen LogP contribution is 2.28. The summed E-state index contributed by atoms with van der Waals surface area (Å²) < 4.78 is 16.8. The second-order valence-electron chi connectivity index (χ2n) is 8.03. The Balaban J connectivity index is 1.22. The smallest absolute Gasteiger partial charge is 0.231 e. The maximum atomic E-state index is 5.83. The van der Waals surface area contributed by atoms with Crippen LogP contribution in [0.3, 0.4) is 0 Å². The lowest BCUT2D eigenvalue weighted by molar-refractivity contribution is 0.0211. The second-order valence-corrected chi connectivity index (χ2v) is 9.03. The molecule has 0 spiro atoms. The number of likely N-dealkylation sites (tertiary alicyclic amines) is 1. The van der Waals surface area contributed by atoms with E-state index in [1.165, 1.54) is 16.9 Å². The van der Waals surface area contributed by atoms with Crippen molar-refractivity contribution in [2.45, 2.75) is 51.5 Å². The molecule has 2 aromatic heterocycles. The van der Waals surface area contributed by atoms with E-state index < -0.39 is 0 Å². The van der Waals surface area contributed by atoms with Crippen LogP contribution >= 0.6 is 11.3 Å². The lowest BCUT2D eigenvalue weighted by atomic mass is 9.98. The zero-order valence-electron chi connectivity index (χ0n) is 16.8. The third-order valence-electron chi connectivity index (χ3n) is 5.84. The van der Waals surface area contributed by atoms with E-state index >= 15 is 0 Å². The number of hydrogen-bond acceptors (Lipinski definition) is 7. The topological polar surface area (TPSA) is 60.6 Å². The summed E-state index contributed by atoms with van der Waals surface area (Å²) in [7, 11) is 0. The van der Waals surface area contributed by atoms with E-state index in [0.717, 1.165) is 76.9 Å². The molecule has 2 fully saturated rings. The predicted molar refractivity (Wildman–Crippen MR) is 109 cm³/mol. The van der Waals surface area contributed by atoms with Crippen LogP contribution in [0, 0.1) is 12.8 Å². The third-order valence-corrected chi connectivity index (χ3v) is 6.85. The number of thiophene rings is 1. The number of ether oxygens (including phenoxy) is 2. The number of hydrogen-bond donors (Lipinski definition) is 0. The standard InChI is InChI=1S/C21H31N3O3S/c1-16-7-12-28-19(16)14-24-8-2-3-18(13-24)21-22-20(23-27-21)6-11-26-15-17-4-9-25-10-5-17/h7,12,17-18H,2-6,8-11,13-15H2,1H3. The van der Waals surface area contributed by atoms with E-state index in [4.69, 9.17) is 14.0 Å². The van der Waals surface area contributed by atoms with Crippen molar-refractivity contribution in [2.75, 3.05) is 39.5 Å². The molecule has 0 saturated carbocycles. The molecule has 7 heteroatoms. The Bertz CT molecular complexity index is 726. The first kappa shape index (κ1) is 20.0. The Labute approximate surface area is 171 Å². The lowest BCUT2D eigenvalue weighted by Gasteiger charge is -2.30. The molecule has 0 aromatic carbocycles. The molecule has 2 aliphatic rings. The Morgan fingerprint density at radius 3 is 3.00 bits per heavy atom. The van der Waals surface area contributed by atoms with E-state index in [-0.39, 0.29) is 0 Å². The van der Waals surface area contributed by atoms with Gasteiger partial charge in [-0.2, -0.15) is 4.98 Å². The minimum atomic E-state index is 0.346. The van der Waals surface area contributed by atoms with Gasteiger partial charge in [0.1, 0.15) is 0 Å². The normalized spacial score (nSPS) is 22.0. The molecule has 4 heterocycles. The summed E-state index contributed by atoms with van der Waals surface area (Å²) in [6.07, 6.45) is 5.24. The van der Waals surface area contributed by atoms with Crippen molar-refractivity contribution < 1.29 is 14.0 Å². The van der Waals surface area contributed by atoms with Gasteiger partial charge in [-0.3, -0.25) is 4.90 Å². The van der Waals surface area contributed by atoms with Gasteiger partial charge in [-0.1, -0.05) is 5.16 Å². The molecule has 1 atom stereocenters. The fourth-order valence-corrected chi connectivity index (χ4v) is 4.98. The van der Waals surface area contributed by atoms with Crippen LogP contribution < -0.4 is 0 Å². The van der Waals surface area contributed by atoms with E-state index in [0.29, 0.717) is 18.4 Å². The van der Waals surface area contributed by atoms with Crippen LogP contribution in [-0.4, -0.2) is 54.6 Å². The number of nitrogens with zero attached hydrogens (tertiary/aromatic N) is 3. The summed E-state index contributed by atoms with van der Waals surface area (Å²) in [5, 5.41) is 6.37. The third kappa shape index (κ3) is 5.41. The van der Waals surface area contributed by atoms with Crippen molar-refractivity contribution in [1.82, 2.24) is 15.0 Å². The Hall–Kier alpha value is -1.28. The summed E-state index contributed by atoms with van der Waals surface area (Å²) in [6.45, 7) is 8.58. The van der Waals surface area contributed by atoms with Gasteiger partial charge in [-0.05, 0) is 62.1 Å². The highest BCUT2D eigenvalue weighted by atomic mass is 32.1. The molecule has 0 radical (unpaired) electrons. The van der Waals surface area contributed by atoms with Gasteiger partial charge in [0.15, 0.2) is 5.82 Å². The molecular formula is C21H31N3O3S. The molecule has 0 bridgehead atoms. The van der Waals surface area contributed by atoms with E-state index in [2.05, 4.69) is 33.4 Å². The lowest BCUT2D eigenvalue weighted by Crippen LogP contribution is -2.34. The monoisotopic (exact) mass is 405 g/mol. The summed E-state index contributed by atoms with van der Waals surface area (Å²) in [5.74, 6) is 2.55. The largest absolute Gasteiger partial charge is 0.381 e. The van der Waals surface area contributed by atoms with Crippen molar-refractivity contribution in [1.29, 1.82) is 0 Å². The Morgan fingerprint density at radius 2 is 2.18 bits per heavy atom. The second kappa shape index (κ2) is 9.96. The molecule has 0 aliphatic carbocycles. The van der Waals surface area contributed by atoms with Gasteiger partial charge in [-0.25, -0.2) is 0 Å². The van der Waals surface area contributed by atoms with Crippen molar-refractivity contribution in [3.05, 3.63) is 33.6 Å². The maximum Gasteiger partial charge on any atom is 0.231 e. The minimum Gasteiger partial charge on any atom is -0.381 e. The molecular weight excluding hydrogens is 374 g/mol. The summed E-state index contributed by atoms with van der Waals surface area (Å²) in [6, 6.07) is 2.20. The van der Waals surface area contributed by atoms with Crippen molar-refractivity contribution in [3.63, 3.8) is 0 Å². The molecule has 28 heavy (non-hydrogen) atoms. The first-order chi connectivity index (χ1) is 13.8. The molecule has 0 amide bonds. The predicted octanol–water partition coefficient (Wildman–Crippen LogP) is 3.80. The summed E-state index contributed by atoms with van der Waals surface area (Å²) >= 11 is 1.85. The first-order valence-electron chi connectivity index (χ1n) is 10.5. The van der Waals surface area contributed by atoms with Gasteiger partial charge in [0, 0.05) is 44.2 Å². The van der Waals surface area contributed by atoms with Gasteiger partial charge in [0.05, 0.1) is 12.5 Å². The van der Waals surface area contributed by atoms with Gasteiger partial charge in [-0.15, -0.1) is 11.3 Å². The average Bonchev–Trinajstić information content (AvgIpc) is 3.36. The van der Waals surface area contributed by atoms with Gasteiger partial charge < -0.3 is 14.0 Å².